The Morgan fingerprint density at radius 1 is 1.07 bits per heavy atom. The Morgan fingerprint density at radius 2 is 1.78 bits per heavy atom. The maximum Gasteiger partial charge on any atom is 0.325 e. The average Bonchev–Trinajstić information content (AvgIpc) is 3.20. The molecule has 0 spiro atoms. The molecule has 0 unspecified atom stereocenters. The van der Waals surface area contributed by atoms with Crippen molar-refractivity contribution in [3.8, 4) is 11.5 Å². The summed E-state index contributed by atoms with van der Waals surface area (Å²) in [5.74, 6) is 1.38. The number of hydrogen-bond donors (Lipinski definition) is 1. The third-order valence-corrected chi connectivity index (χ3v) is 5.21. The van der Waals surface area contributed by atoms with E-state index in [1.807, 2.05) is 24.3 Å². The average molecular weight is 366 g/mol. The van der Waals surface area contributed by atoms with E-state index in [0.717, 1.165) is 5.56 Å². The number of carbonyl (C=O) groups excluding carboxylic acids is 2. The van der Waals surface area contributed by atoms with Gasteiger partial charge in [-0.25, -0.2) is 4.79 Å². The molecule has 1 N–H and O–H groups in total. The van der Waals surface area contributed by atoms with Crippen molar-refractivity contribution >= 4 is 11.9 Å². The van der Waals surface area contributed by atoms with Gasteiger partial charge in [-0.2, -0.15) is 0 Å². The molecule has 0 radical (unpaired) electrons. The van der Waals surface area contributed by atoms with E-state index in [4.69, 9.17) is 9.47 Å². The number of rotatable bonds is 4. The predicted octanol–water partition coefficient (Wildman–Crippen LogP) is 3.51. The van der Waals surface area contributed by atoms with E-state index in [0.29, 0.717) is 23.0 Å². The van der Waals surface area contributed by atoms with Gasteiger partial charge in [0.05, 0.1) is 6.54 Å². The molecule has 2 aliphatic heterocycles. The van der Waals surface area contributed by atoms with E-state index < -0.39 is 11.6 Å². The van der Waals surface area contributed by atoms with E-state index in [9.17, 15) is 9.59 Å². The van der Waals surface area contributed by atoms with Gasteiger partial charge in [-0.05, 0) is 41.7 Å². The van der Waals surface area contributed by atoms with Gasteiger partial charge >= 0.3 is 6.03 Å². The number of benzene rings is 2. The van der Waals surface area contributed by atoms with Crippen molar-refractivity contribution in [2.24, 2.45) is 0 Å². The fourth-order valence-corrected chi connectivity index (χ4v) is 3.43. The van der Waals surface area contributed by atoms with Crippen molar-refractivity contribution in [2.45, 2.75) is 38.8 Å². The van der Waals surface area contributed by atoms with Crippen molar-refractivity contribution in [3.05, 3.63) is 59.2 Å². The lowest BCUT2D eigenvalue weighted by Crippen LogP contribution is -2.40. The molecule has 4 rings (SSSR count). The van der Waals surface area contributed by atoms with Gasteiger partial charge in [0.2, 0.25) is 6.79 Å². The Labute approximate surface area is 158 Å². The number of ether oxygens (including phenoxy) is 2. The lowest BCUT2D eigenvalue weighted by Gasteiger charge is -2.22. The zero-order valence-electron chi connectivity index (χ0n) is 15.6. The Hall–Kier alpha value is -3.02. The van der Waals surface area contributed by atoms with Gasteiger partial charge in [-0.1, -0.05) is 44.2 Å². The van der Waals surface area contributed by atoms with Gasteiger partial charge in [0.15, 0.2) is 11.5 Å². The van der Waals surface area contributed by atoms with Crippen LogP contribution >= 0.6 is 0 Å². The number of fused-ring (bicyclic) bond motifs is 1. The quantitative estimate of drug-likeness (QED) is 0.841. The van der Waals surface area contributed by atoms with Gasteiger partial charge in [-0.3, -0.25) is 9.69 Å². The van der Waals surface area contributed by atoms with Crippen LogP contribution in [0.3, 0.4) is 0 Å². The largest absolute Gasteiger partial charge is 0.454 e. The summed E-state index contributed by atoms with van der Waals surface area (Å²) >= 11 is 0. The first kappa shape index (κ1) is 17.4. The first-order valence-electron chi connectivity index (χ1n) is 9.01. The lowest BCUT2D eigenvalue weighted by atomic mass is 9.91. The second-order valence-corrected chi connectivity index (χ2v) is 7.41. The summed E-state index contributed by atoms with van der Waals surface area (Å²) in [5, 5.41) is 2.83. The summed E-state index contributed by atoms with van der Waals surface area (Å²) in [4.78, 5) is 26.9. The maximum absolute atomic E-state index is 13.1. The van der Waals surface area contributed by atoms with Crippen LogP contribution in [-0.2, 0) is 16.9 Å². The minimum atomic E-state index is -1.13. The van der Waals surface area contributed by atoms with E-state index in [2.05, 4.69) is 19.2 Å². The van der Waals surface area contributed by atoms with Crippen molar-refractivity contribution in [1.29, 1.82) is 0 Å². The molecule has 6 heteroatoms. The van der Waals surface area contributed by atoms with Crippen molar-refractivity contribution < 1.29 is 19.1 Å². The van der Waals surface area contributed by atoms with E-state index in [1.54, 1.807) is 25.1 Å². The Morgan fingerprint density at radius 3 is 2.48 bits per heavy atom. The topological polar surface area (TPSA) is 67.9 Å². The van der Waals surface area contributed by atoms with E-state index in [1.165, 1.54) is 10.5 Å². The summed E-state index contributed by atoms with van der Waals surface area (Å²) in [6.45, 7) is 6.37. The summed E-state index contributed by atoms with van der Waals surface area (Å²) in [6, 6.07) is 12.9. The number of hydrogen-bond acceptors (Lipinski definition) is 4. The maximum atomic E-state index is 13.1. The van der Waals surface area contributed by atoms with Gasteiger partial charge in [0.1, 0.15) is 5.54 Å². The number of carbonyl (C=O) groups is 2. The number of imide groups is 1. The van der Waals surface area contributed by atoms with Gasteiger partial charge in [0, 0.05) is 0 Å². The second kappa shape index (κ2) is 6.30. The minimum Gasteiger partial charge on any atom is -0.454 e. The molecule has 1 atom stereocenters. The van der Waals surface area contributed by atoms with E-state index in [-0.39, 0.29) is 19.2 Å². The first-order valence-corrected chi connectivity index (χ1v) is 9.01. The predicted molar refractivity (Wildman–Crippen MR) is 99.5 cm³/mol. The second-order valence-electron chi connectivity index (χ2n) is 7.41. The molecular weight excluding hydrogens is 344 g/mol. The highest BCUT2D eigenvalue weighted by Gasteiger charge is 2.49. The standard InChI is InChI=1S/C21H22N2O4/c1-13(2)15-6-4-14(5-7-15)11-23-19(24)21(3,22-20(23)25)16-8-9-17-18(10-16)27-12-26-17/h4-10,13H,11-12H2,1-3H3,(H,22,25)/t21-/m0/s1. The summed E-state index contributed by atoms with van der Waals surface area (Å²) < 4.78 is 10.7. The fraction of sp³-hybridized carbons (Fsp3) is 0.333. The highest BCUT2D eigenvalue weighted by molar-refractivity contribution is 6.07. The van der Waals surface area contributed by atoms with Crippen LogP contribution in [0.2, 0.25) is 0 Å². The number of urea groups is 1. The number of nitrogens with one attached hydrogen (secondary N) is 1. The molecule has 0 aromatic heterocycles. The molecule has 140 valence electrons. The van der Waals surface area contributed by atoms with Crippen LogP contribution in [0.15, 0.2) is 42.5 Å². The molecule has 27 heavy (non-hydrogen) atoms. The van der Waals surface area contributed by atoms with Gasteiger partial charge < -0.3 is 14.8 Å². The van der Waals surface area contributed by atoms with Crippen LogP contribution in [-0.4, -0.2) is 23.6 Å². The smallest absolute Gasteiger partial charge is 0.325 e. The molecule has 2 aliphatic rings. The molecule has 2 aromatic carbocycles. The molecule has 1 saturated heterocycles. The summed E-state index contributed by atoms with van der Waals surface area (Å²) in [5.41, 5.74) is 1.68. The molecule has 0 saturated carbocycles. The van der Waals surface area contributed by atoms with Crippen LogP contribution in [0.5, 0.6) is 11.5 Å². The highest BCUT2D eigenvalue weighted by Crippen LogP contribution is 2.38. The van der Waals surface area contributed by atoms with Gasteiger partial charge in [0.25, 0.3) is 5.91 Å². The summed E-state index contributed by atoms with van der Waals surface area (Å²) in [7, 11) is 0. The van der Waals surface area contributed by atoms with Crippen molar-refractivity contribution in [1.82, 2.24) is 10.2 Å². The Balaban J connectivity index is 1.58. The highest BCUT2D eigenvalue weighted by atomic mass is 16.7. The molecule has 3 amide bonds. The monoisotopic (exact) mass is 366 g/mol. The fourth-order valence-electron chi connectivity index (χ4n) is 3.43. The molecule has 2 aromatic rings. The SMILES string of the molecule is CC(C)c1ccc(CN2C(=O)N[C@@](C)(c3ccc4c(c3)OCO4)C2=O)cc1. The van der Waals surface area contributed by atoms with Crippen LogP contribution in [0.1, 0.15) is 43.4 Å². The van der Waals surface area contributed by atoms with E-state index >= 15 is 0 Å². The van der Waals surface area contributed by atoms with Crippen LogP contribution in [0.4, 0.5) is 4.79 Å². The number of amides is 3. The molecule has 0 bridgehead atoms. The lowest BCUT2D eigenvalue weighted by molar-refractivity contribution is -0.131. The van der Waals surface area contributed by atoms with Crippen LogP contribution < -0.4 is 14.8 Å². The molecule has 1 fully saturated rings. The normalized spacial score (nSPS) is 21.1. The molecular formula is C21H22N2O4. The zero-order chi connectivity index (χ0) is 19.2. The number of nitrogens with zero attached hydrogens (tertiary/aromatic N) is 1. The van der Waals surface area contributed by atoms with Crippen molar-refractivity contribution in [2.75, 3.05) is 6.79 Å². The third kappa shape index (κ3) is 2.91. The van der Waals surface area contributed by atoms with Crippen molar-refractivity contribution in [3.63, 3.8) is 0 Å². The minimum absolute atomic E-state index is 0.161. The third-order valence-electron chi connectivity index (χ3n) is 5.21. The first-order chi connectivity index (χ1) is 12.9. The molecule has 6 nitrogen and oxygen atoms in total. The van der Waals surface area contributed by atoms with Crippen LogP contribution in [0.25, 0.3) is 0 Å². The molecule has 2 heterocycles. The zero-order valence-corrected chi connectivity index (χ0v) is 15.6. The molecule has 0 aliphatic carbocycles. The Bertz CT molecular complexity index is 907. The summed E-state index contributed by atoms with van der Waals surface area (Å²) in [6.07, 6.45) is 0. The van der Waals surface area contributed by atoms with Gasteiger partial charge in [-0.15, -0.1) is 0 Å². The Kier molecular flexibility index (Phi) is 4.06. The van der Waals surface area contributed by atoms with Crippen LogP contribution in [0, 0.1) is 0 Å².